The van der Waals surface area contributed by atoms with Crippen molar-refractivity contribution in [2.24, 2.45) is 0 Å². The molecule has 0 unspecified atom stereocenters. The van der Waals surface area contributed by atoms with Crippen molar-refractivity contribution in [3.8, 4) is 11.3 Å². The third kappa shape index (κ3) is 4.44. The number of hydrogen-bond donors (Lipinski definition) is 1. The number of hydrogen-bond acceptors (Lipinski definition) is 5. The monoisotopic (exact) mass is 410 g/mol. The Kier molecular flexibility index (Phi) is 5.56. The van der Waals surface area contributed by atoms with E-state index >= 15 is 0 Å². The summed E-state index contributed by atoms with van der Waals surface area (Å²) in [6.07, 6.45) is 0. The lowest BCUT2D eigenvalue weighted by Crippen LogP contribution is -2.44. The molecule has 29 heavy (non-hydrogen) atoms. The Morgan fingerprint density at radius 2 is 1.79 bits per heavy atom. The highest BCUT2D eigenvalue weighted by atomic mass is 35.5. The first-order valence-electron chi connectivity index (χ1n) is 9.58. The van der Waals surface area contributed by atoms with Gasteiger partial charge in [0.25, 0.3) is 5.91 Å². The smallest absolute Gasteiger partial charge is 0.277 e. The van der Waals surface area contributed by atoms with Gasteiger partial charge in [0.15, 0.2) is 11.5 Å². The zero-order valence-corrected chi connectivity index (χ0v) is 17.2. The van der Waals surface area contributed by atoms with Gasteiger partial charge >= 0.3 is 0 Å². The first kappa shape index (κ1) is 19.5. The van der Waals surface area contributed by atoms with Crippen LogP contribution in [-0.2, 0) is 0 Å². The van der Waals surface area contributed by atoms with Crippen molar-refractivity contribution in [3.63, 3.8) is 0 Å². The third-order valence-corrected chi connectivity index (χ3v) is 5.45. The minimum atomic E-state index is -0.301. The Morgan fingerprint density at radius 3 is 2.48 bits per heavy atom. The molecule has 7 heteroatoms. The standard InChI is InChI=1S/C22H23ClN4O2/c1-15-13-18(27-11-9-26(2)10-12-27)7-8-19(15)24-22(28)20-14-21(29-25-20)16-3-5-17(23)6-4-16/h3-8,13-14H,9-12H2,1-2H3,(H,24,28). The fourth-order valence-corrected chi connectivity index (χ4v) is 3.49. The molecule has 150 valence electrons. The summed E-state index contributed by atoms with van der Waals surface area (Å²) in [5, 5.41) is 7.47. The molecule has 1 aromatic heterocycles. The molecule has 1 aliphatic heterocycles. The van der Waals surface area contributed by atoms with Gasteiger partial charge in [-0.2, -0.15) is 0 Å². The summed E-state index contributed by atoms with van der Waals surface area (Å²) in [4.78, 5) is 17.3. The van der Waals surface area contributed by atoms with Crippen LogP contribution < -0.4 is 10.2 Å². The average Bonchev–Trinajstić information content (AvgIpc) is 3.21. The van der Waals surface area contributed by atoms with Crippen molar-refractivity contribution in [2.75, 3.05) is 43.4 Å². The van der Waals surface area contributed by atoms with Crippen LogP contribution >= 0.6 is 11.6 Å². The van der Waals surface area contributed by atoms with Gasteiger partial charge in [0.1, 0.15) is 0 Å². The first-order chi connectivity index (χ1) is 14.0. The lowest BCUT2D eigenvalue weighted by Gasteiger charge is -2.34. The predicted octanol–water partition coefficient (Wildman–Crippen LogP) is 4.31. The number of likely N-dealkylation sites (N-methyl/N-ethyl adjacent to an activating group) is 1. The van der Waals surface area contributed by atoms with Crippen LogP contribution in [0.15, 0.2) is 53.1 Å². The molecule has 0 spiro atoms. The molecular weight excluding hydrogens is 388 g/mol. The zero-order chi connectivity index (χ0) is 20.4. The molecule has 1 saturated heterocycles. The Hall–Kier alpha value is -2.83. The number of piperazine rings is 1. The van der Waals surface area contributed by atoms with Crippen LogP contribution in [0.4, 0.5) is 11.4 Å². The minimum Gasteiger partial charge on any atom is -0.369 e. The molecule has 1 aliphatic rings. The summed E-state index contributed by atoms with van der Waals surface area (Å²) >= 11 is 5.91. The van der Waals surface area contributed by atoms with Crippen molar-refractivity contribution < 1.29 is 9.32 Å². The quantitative estimate of drug-likeness (QED) is 0.694. The van der Waals surface area contributed by atoms with Gasteiger partial charge in [-0.15, -0.1) is 0 Å². The number of aryl methyl sites for hydroxylation is 1. The molecule has 0 atom stereocenters. The predicted molar refractivity (Wildman–Crippen MR) is 116 cm³/mol. The SMILES string of the molecule is Cc1cc(N2CCN(C)CC2)ccc1NC(=O)c1cc(-c2ccc(Cl)cc2)on1. The van der Waals surface area contributed by atoms with Crippen LogP contribution in [0.25, 0.3) is 11.3 Å². The number of halogens is 1. The Bertz CT molecular complexity index is 1010. The normalized spacial score (nSPS) is 14.8. The lowest BCUT2D eigenvalue weighted by atomic mass is 10.1. The van der Waals surface area contributed by atoms with Gasteiger partial charge in [-0.05, 0) is 62.0 Å². The maximum atomic E-state index is 12.6. The fraction of sp³-hybridized carbons (Fsp3) is 0.273. The third-order valence-electron chi connectivity index (χ3n) is 5.20. The molecule has 2 heterocycles. The van der Waals surface area contributed by atoms with E-state index in [9.17, 15) is 4.79 Å². The molecule has 6 nitrogen and oxygen atoms in total. The van der Waals surface area contributed by atoms with Gasteiger partial charge in [-0.3, -0.25) is 4.79 Å². The van der Waals surface area contributed by atoms with Gasteiger partial charge in [-0.25, -0.2) is 0 Å². The second-order valence-corrected chi connectivity index (χ2v) is 7.76. The van der Waals surface area contributed by atoms with Crippen LogP contribution in [-0.4, -0.2) is 49.2 Å². The highest BCUT2D eigenvalue weighted by molar-refractivity contribution is 6.30. The van der Waals surface area contributed by atoms with Crippen LogP contribution in [0, 0.1) is 6.92 Å². The second-order valence-electron chi connectivity index (χ2n) is 7.33. The maximum Gasteiger partial charge on any atom is 0.277 e. The second kappa shape index (κ2) is 8.27. The highest BCUT2D eigenvalue weighted by Gasteiger charge is 2.17. The first-order valence-corrected chi connectivity index (χ1v) is 9.95. The van der Waals surface area contributed by atoms with Crippen LogP contribution in [0.3, 0.4) is 0 Å². The van der Waals surface area contributed by atoms with E-state index in [4.69, 9.17) is 16.1 Å². The number of amides is 1. The number of rotatable bonds is 4. The Morgan fingerprint density at radius 1 is 1.07 bits per heavy atom. The lowest BCUT2D eigenvalue weighted by molar-refractivity contribution is 0.101. The minimum absolute atomic E-state index is 0.234. The molecule has 2 aromatic carbocycles. The van der Waals surface area contributed by atoms with E-state index in [1.165, 1.54) is 5.69 Å². The van der Waals surface area contributed by atoms with Crippen molar-refractivity contribution in [3.05, 3.63) is 64.8 Å². The summed E-state index contributed by atoms with van der Waals surface area (Å²) in [5.74, 6) is 0.221. The van der Waals surface area contributed by atoms with Crippen LogP contribution in [0.5, 0.6) is 0 Å². The molecule has 1 amide bonds. The fourth-order valence-electron chi connectivity index (χ4n) is 3.37. The number of carbonyl (C=O) groups is 1. The summed E-state index contributed by atoms with van der Waals surface area (Å²) < 4.78 is 5.32. The summed E-state index contributed by atoms with van der Waals surface area (Å²) in [7, 11) is 2.14. The maximum absolute atomic E-state index is 12.6. The molecule has 1 fully saturated rings. The number of aromatic nitrogens is 1. The van der Waals surface area contributed by atoms with Gasteiger partial charge in [0.05, 0.1) is 0 Å². The molecule has 4 rings (SSSR count). The van der Waals surface area contributed by atoms with Gasteiger partial charge in [0, 0.05) is 54.2 Å². The number of nitrogens with one attached hydrogen (secondary N) is 1. The van der Waals surface area contributed by atoms with E-state index in [2.05, 4.69) is 39.5 Å². The topological polar surface area (TPSA) is 61.6 Å². The van der Waals surface area contributed by atoms with Gasteiger partial charge < -0.3 is 19.6 Å². The van der Waals surface area contributed by atoms with Gasteiger partial charge in [-0.1, -0.05) is 16.8 Å². The Labute approximate surface area is 175 Å². The molecule has 0 bridgehead atoms. The molecular formula is C22H23ClN4O2. The molecule has 3 aromatic rings. The van der Waals surface area contributed by atoms with E-state index in [0.29, 0.717) is 10.8 Å². The zero-order valence-electron chi connectivity index (χ0n) is 16.5. The van der Waals surface area contributed by atoms with Crippen molar-refractivity contribution in [1.29, 1.82) is 0 Å². The van der Waals surface area contributed by atoms with Crippen LogP contribution in [0.2, 0.25) is 5.02 Å². The molecule has 0 aliphatic carbocycles. The number of anilines is 2. The van der Waals surface area contributed by atoms with E-state index in [1.807, 2.05) is 25.1 Å². The number of nitrogens with zero attached hydrogens (tertiary/aromatic N) is 3. The van der Waals surface area contributed by atoms with Gasteiger partial charge in [0.2, 0.25) is 0 Å². The largest absolute Gasteiger partial charge is 0.369 e. The van der Waals surface area contributed by atoms with Crippen LogP contribution in [0.1, 0.15) is 16.1 Å². The number of carbonyl (C=O) groups excluding carboxylic acids is 1. The van der Waals surface area contributed by atoms with E-state index in [1.54, 1.807) is 18.2 Å². The average molecular weight is 411 g/mol. The summed E-state index contributed by atoms with van der Waals surface area (Å²) in [6.45, 7) is 6.12. The summed E-state index contributed by atoms with van der Waals surface area (Å²) in [6, 6.07) is 14.9. The highest BCUT2D eigenvalue weighted by Crippen LogP contribution is 2.25. The van der Waals surface area contributed by atoms with E-state index < -0.39 is 0 Å². The van der Waals surface area contributed by atoms with Crippen molar-refractivity contribution in [1.82, 2.24) is 10.1 Å². The molecule has 1 N–H and O–H groups in total. The molecule has 0 radical (unpaired) electrons. The Balaban J connectivity index is 1.45. The van der Waals surface area contributed by atoms with Crippen molar-refractivity contribution >= 4 is 28.9 Å². The van der Waals surface area contributed by atoms with E-state index in [0.717, 1.165) is 43.0 Å². The molecule has 0 saturated carbocycles. The number of benzene rings is 2. The summed E-state index contributed by atoms with van der Waals surface area (Å²) in [5.41, 5.74) is 4.01. The van der Waals surface area contributed by atoms with Crippen molar-refractivity contribution in [2.45, 2.75) is 6.92 Å². The van der Waals surface area contributed by atoms with E-state index in [-0.39, 0.29) is 11.6 Å².